The summed E-state index contributed by atoms with van der Waals surface area (Å²) in [6, 6.07) is 6.93. The van der Waals surface area contributed by atoms with E-state index in [4.69, 9.17) is 11.1 Å². The van der Waals surface area contributed by atoms with Crippen LogP contribution in [0.3, 0.4) is 0 Å². The molecule has 2 N–H and O–H groups in total. The van der Waals surface area contributed by atoms with Crippen molar-refractivity contribution in [2.75, 3.05) is 5.01 Å². The lowest BCUT2D eigenvalue weighted by atomic mass is 10.3. The van der Waals surface area contributed by atoms with Gasteiger partial charge in [-0.25, -0.2) is 10.8 Å². The van der Waals surface area contributed by atoms with Crippen LogP contribution in [0.15, 0.2) is 43.1 Å². The molecule has 0 aliphatic carbocycles. The first-order valence-corrected chi connectivity index (χ1v) is 3.92. The Morgan fingerprint density at radius 3 is 2.93 bits per heavy atom. The molecule has 1 heterocycles. The van der Waals surface area contributed by atoms with Gasteiger partial charge in [0.2, 0.25) is 0 Å². The summed E-state index contributed by atoms with van der Waals surface area (Å²) >= 11 is 0. The monoisotopic (exact) mass is 186 g/mol. The third-order valence-corrected chi connectivity index (χ3v) is 1.64. The van der Waals surface area contributed by atoms with E-state index in [1.54, 1.807) is 18.2 Å². The first-order chi connectivity index (χ1) is 6.69. The molecule has 0 radical (unpaired) electrons. The predicted molar refractivity (Wildman–Crippen MR) is 55.0 cm³/mol. The SMILES string of the molecule is C=CC(=C)N(N)c1cccc(C#N)n1. The number of nitrogens with two attached hydrogens (primary N) is 1. The lowest BCUT2D eigenvalue weighted by molar-refractivity contribution is 0.988. The molecule has 1 aromatic heterocycles. The van der Waals surface area contributed by atoms with Crippen LogP contribution in [0.25, 0.3) is 0 Å². The quantitative estimate of drug-likeness (QED) is 0.439. The van der Waals surface area contributed by atoms with Gasteiger partial charge in [0.25, 0.3) is 0 Å². The molecular formula is C10H10N4. The molecule has 0 bridgehead atoms. The maximum Gasteiger partial charge on any atom is 0.148 e. The van der Waals surface area contributed by atoms with Crippen LogP contribution in [0.4, 0.5) is 5.82 Å². The van der Waals surface area contributed by atoms with E-state index in [0.29, 0.717) is 17.2 Å². The van der Waals surface area contributed by atoms with E-state index in [0.717, 1.165) is 0 Å². The summed E-state index contributed by atoms with van der Waals surface area (Å²) < 4.78 is 0. The first kappa shape index (κ1) is 9.96. The number of allylic oxidation sites excluding steroid dienone is 1. The number of nitrogens with zero attached hydrogens (tertiary/aromatic N) is 3. The Bertz CT molecular complexity index is 403. The highest BCUT2D eigenvalue weighted by molar-refractivity contribution is 5.47. The molecule has 1 rings (SSSR count). The smallest absolute Gasteiger partial charge is 0.148 e. The van der Waals surface area contributed by atoms with E-state index in [9.17, 15) is 0 Å². The second kappa shape index (κ2) is 4.21. The van der Waals surface area contributed by atoms with Crippen LogP contribution in [0.2, 0.25) is 0 Å². The van der Waals surface area contributed by atoms with Crippen molar-refractivity contribution in [3.05, 3.63) is 48.8 Å². The summed E-state index contributed by atoms with van der Waals surface area (Å²) in [6.07, 6.45) is 1.51. The van der Waals surface area contributed by atoms with Crippen LogP contribution in [0.1, 0.15) is 5.69 Å². The Labute approximate surface area is 82.6 Å². The van der Waals surface area contributed by atoms with Gasteiger partial charge in [-0.1, -0.05) is 19.2 Å². The van der Waals surface area contributed by atoms with Gasteiger partial charge < -0.3 is 0 Å². The highest BCUT2D eigenvalue weighted by atomic mass is 15.4. The number of hydrogen-bond donors (Lipinski definition) is 1. The maximum absolute atomic E-state index is 8.63. The average Bonchev–Trinajstić information content (AvgIpc) is 2.27. The van der Waals surface area contributed by atoms with E-state index in [1.807, 2.05) is 6.07 Å². The Hall–Kier alpha value is -2.12. The molecule has 0 spiro atoms. The third-order valence-electron chi connectivity index (χ3n) is 1.64. The Balaban J connectivity index is 3.02. The summed E-state index contributed by atoms with van der Waals surface area (Å²) in [7, 11) is 0. The topological polar surface area (TPSA) is 65.9 Å². The molecule has 4 nitrogen and oxygen atoms in total. The molecule has 14 heavy (non-hydrogen) atoms. The molecular weight excluding hydrogens is 176 g/mol. The van der Waals surface area contributed by atoms with Gasteiger partial charge in [0, 0.05) is 0 Å². The van der Waals surface area contributed by atoms with Crippen molar-refractivity contribution >= 4 is 5.82 Å². The van der Waals surface area contributed by atoms with Crippen LogP contribution in [-0.2, 0) is 0 Å². The average molecular weight is 186 g/mol. The molecule has 0 unspecified atom stereocenters. The Morgan fingerprint density at radius 2 is 2.36 bits per heavy atom. The summed E-state index contributed by atoms with van der Waals surface area (Å²) in [5.41, 5.74) is 0.836. The fourth-order valence-corrected chi connectivity index (χ4v) is 0.865. The van der Waals surface area contributed by atoms with Gasteiger partial charge in [-0.15, -0.1) is 0 Å². The first-order valence-electron chi connectivity index (χ1n) is 3.92. The van der Waals surface area contributed by atoms with Crippen LogP contribution in [-0.4, -0.2) is 4.98 Å². The fraction of sp³-hybridized carbons (Fsp3) is 0. The standard InChI is InChI=1S/C10H10N4/c1-3-8(2)14(12)10-6-4-5-9(7-11)13-10/h3-6H,1-2,12H2. The molecule has 0 saturated carbocycles. The highest BCUT2D eigenvalue weighted by Gasteiger charge is 2.04. The van der Waals surface area contributed by atoms with E-state index < -0.39 is 0 Å². The lowest BCUT2D eigenvalue weighted by Crippen LogP contribution is -2.29. The molecule has 0 saturated heterocycles. The van der Waals surface area contributed by atoms with Gasteiger partial charge in [-0.3, -0.25) is 5.01 Å². The number of hydrazine groups is 1. The van der Waals surface area contributed by atoms with Gasteiger partial charge in [0.1, 0.15) is 17.6 Å². The summed E-state index contributed by atoms with van der Waals surface area (Å²) in [4.78, 5) is 3.99. The van der Waals surface area contributed by atoms with Gasteiger partial charge in [-0.05, 0) is 18.2 Å². The normalized spacial score (nSPS) is 8.86. The zero-order valence-electron chi connectivity index (χ0n) is 7.64. The molecule has 0 aliphatic heterocycles. The second-order valence-electron chi connectivity index (χ2n) is 2.56. The summed E-state index contributed by atoms with van der Waals surface area (Å²) in [6.45, 7) is 7.20. The fourth-order valence-electron chi connectivity index (χ4n) is 0.865. The van der Waals surface area contributed by atoms with Crippen LogP contribution < -0.4 is 10.9 Å². The predicted octanol–water partition coefficient (Wildman–Crippen LogP) is 1.33. The van der Waals surface area contributed by atoms with Crippen molar-refractivity contribution < 1.29 is 0 Å². The molecule has 0 amide bonds. The van der Waals surface area contributed by atoms with E-state index in [-0.39, 0.29) is 0 Å². The molecule has 0 fully saturated rings. The maximum atomic E-state index is 8.63. The lowest BCUT2D eigenvalue weighted by Gasteiger charge is -2.16. The van der Waals surface area contributed by atoms with E-state index in [1.165, 1.54) is 11.1 Å². The number of aromatic nitrogens is 1. The number of anilines is 1. The van der Waals surface area contributed by atoms with E-state index >= 15 is 0 Å². The molecule has 0 atom stereocenters. The highest BCUT2D eigenvalue weighted by Crippen LogP contribution is 2.11. The summed E-state index contributed by atoms with van der Waals surface area (Å²) in [5.74, 6) is 6.13. The van der Waals surface area contributed by atoms with Gasteiger partial charge in [0.05, 0.1) is 5.70 Å². The summed E-state index contributed by atoms with van der Waals surface area (Å²) in [5, 5.41) is 9.90. The van der Waals surface area contributed by atoms with Crippen molar-refractivity contribution in [2.24, 2.45) is 5.84 Å². The Morgan fingerprint density at radius 1 is 1.64 bits per heavy atom. The number of hydrogen-bond acceptors (Lipinski definition) is 4. The molecule has 4 heteroatoms. The molecule has 1 aromatic rings. The van der Waals surface area contributed by atoms with Gasteiger partial charge >= 0.3 is 0 Å². The van der Waals surface area contributed by atoms with Gasteiger partial charge in [0.15, 0.2) is 0 Å². The third kappa shape index (κ3) is 1.97. The van der Waals surface area contributed by atoms with Crippen molar-refractivity contribution in [3.8, 4) is 6.07 Å². The van der Waals surface area contributed by atoms with Crippen molar-refractivity contribution in [2.45, 2.75) is 0 Å². The minimum atomic E-state index is 0.315. The number of nitriles is 1. The Kier molecular flexibility index (Phi) is 3.00. The molecule has 70 valence electrons. The largest absolute Gasteiger partial charge is 0.263 e. The zero-order chi connectivity index (χ0) is 10.6. The number of rotatable bonds is 3. The van der Waals surface area contributed by atoms with Crippen LogP contribution in [0, 0.1) is 11.3 Å². The van der Waals surface area contributed by atoms with Crippen molar-refractivity contribution in [3.63, 3.8) is 0 Å². The molecule has 0 aliphatic rings. The second-order valence-corrected chi connectivity index (χ2v) is 2.56. The van der Waals surface area contributed by atoms with Gasteiger partial charge in [-0.2, -0.15) is 5.26 Å². The minimum absolute atomic E-state index is 0.315. The molecule has 0 aromatic carbocycles. The van der Waals surface area contributed by atoms with Crippen molar-refractivity contribution in [1.29, 1.82) is 5.26 Å². The van der Waals surface area contributed by atoms with Crippen LogP contribution >= 0.6 is 0 Å². The van der Waals surface area contributed by atoms with E-state index in [2.05, 4.69) is 18.1 Å². The minimum Gasteiger partial charge on any atom is -0.263 e. The van der Waals surface area contributed by atoms with Crippen molar-refractivity contribution in [1.82, 2.24) is 4.98 Å². The zero-order valence-corrected chi connectivity index (χ0v) is 7.64. The van der Waals surface area contributed by atoms with Crippen LogP contribution in [0.5, 0.6) is 0 Å². The number of pyridine rings is 1.